The molecule has 1 saturated heterocycles. The van der Waals surface area contributed by atoms with Crippen LogP contribution in [0.3, 0.4) is 0 Å². The van der Waals surface area contributed by atoms with Gasteiger partial charge in [-0.15, -0.1) is 5.10 Å². The van der Waals surface area contributed by atoms with E-state index < -0.39 is 0 Å². The fourth-order valence-corrected chi connectivity index (χ4v) is 3.34. The molecule has 0 bridgehead atoms. The molecule has 0 spiro atoms. The number of halogens is 1. The van der Waals surface area contributed by atoms with Gasteiger partial charge in [0.05, 0.1) is 18.9 Å². The summed E-state index contributed by atoms with van der Waals surface area (Å²) in [5, 5.41) is 7.83. The summed E-state index contributed by atoms with van der Waals surface area (Å²) in [7, 11) is 0. The lowest BCUT2D eigenvalue weighted by molar-refractivity contribution is 0.0342. The van der Waals surface area contributed by atoms with Crippen LogP contribution in [-0.2, 0) is 11.3 Å². The molecule has 2 aromatic carbocycles. The van der Waals surface area contributed by atoms with Crippen LogP contribution in [0.25, 0.3) is 5.69 Å². The van der Waals surface area contributed by atoms with E-state index in [4.69, 9.17) is 16.3 Å². The first-order chi connectivity index (χ1) is 14.1. The summed E-state index contributed by atoms with van der Waals surface area (Å²) in [6.07, 6.45) is 0. The first-order valence-corrected chi connectivity index (χ1v) is 9.86. The smallest absolute Gasteiger partial charge is 0.295 e. The second-order valence-electron chi connectivity index (χ2n) is 6.91. The number of hydrogen-bond acceptors (Lipinski definition) is 5. The largest absolute Gasteiger partial charge is 0.379 e. The summed E-state index contributed by atoms with van der Waals surface area (Å²) in [6.45, 7) is 6.13. The molecule has 1 aliphatic heterocycles. The number of carbonyl (C=O) groups is 1. The van der Waals surface area contributed by atoms with Crippen molar-refractivity contribution in [3.05, 3.63) is 70.8 Å². The van der Waals surface area contributed by atoms with Crippen molar-refractivity contribution in [3.63, 3.8) is 0 Å². The average Bonchev–Trinajstić information content (AvgIpc) is 3.13. The van der Waals surface area contributed by atoms with E-state index >= 15 is 0 Å². The zero-order valence-corrected chi connectivity index (χ0v) is 16.9. The van der Waals surface area contributed by atoms with E-state index in [1.54, 1.807) is 23.7 Å². The number of morpholine rings is 1. The minimum absolute atomic E-state index is 0.120. The van der Waals surface area contributed by atoms with Crippen molar-refractivity contribution in [2.24, 2.45) is 0 Å². The third-order valence-electron chi connectivity index (χ3n) is 4.76. The molecule has 0 atom stereocenters. The predicted molar refractivity (Wildman–Crippen MR) is 112 cm³/mol. The van der Waals surface area contributed by atoms with E-state index in [-0.39, 0.29) is 11.7 Å². The van der Waals surface area contributed by atoms with E-state index in [9.17, 15) is 4.79 Å². The molecule has 1 fully saturated rings. The molecule has 0 aliphatic carbocycles. The van der Waals surface area contributed by atoms with Crippen molar-refractivity contribution >= 4 is 23.2 Å². The van der Waals surface area contributed by atoms with Crippen molar-refractivity contribution < 1.29 is 9.53 Å². The number of aromatic nitrogens is 3. The van der Waals surface area contributed by atoms with E-state index in [0.29, 0.717) is 16.5 Å². The molecule has 2 heterocycles. The normalized spacial score (nSPS) is 14.7. The number of aryl methyl sites for hydroxylation is 1. The molecule has 1 amide bonds. The number of rotatable bonds is 5. The third kappa shape index (κ3) is 4.82. The Kier molecular flexibility index (Phi) is 5.89. The van der Waals surface area contributed by atoms with Crippen LogP contribution >= 0.6 is 11.6 Å². The quantitative estimate of drug-likeness (QED) is 0.697. The Bertz CT molecular complexity index is 979. The molecule has 150 valence electrons. The number of carbonyl (C=O) groups excluding carboxylic acids is 1. The Hall–Kier alpha value is -2.74. The highest BCUT2D eigenvalue weighted by molar-refractivity contribution is 6.30. The van der Waals surface area contributed by atoms with E-state index in [2.05, 4.69) is 20.3 Å². The van der Waals surface area contributed by atoms with Gasteiger partial charge in [-0.2, -0.15) is 0 Å². The molecule has 3 aromatic rings. The SMILES string of the molecule is Cc1nc(C(=O)Nc2ccc(CN3CCOCC3)cc2)nn1-c1ccc(Cl)cc1. The van der Waals surface area contributed by atoms with Crippen LogP contribution in [0.5, 0.6) is 0 Å². The molecular formula is C21H22ClN5O2. The summed E-state index contributed by atoms with van der Waals surface area (Å²) in [4.78, 5) is 19.2. The van der Waals surface area contributed by atoms with E-state index in [1.165, 1.54) is 5.56 Å². The molecule has 4 rings (SSSR count). The standard InChI is InChI=1S/C21H22ClN5O2/c1-15-23-20(25-27(15)19-8-4-17(22)5-9-19)21(28)24-18-6-2-16(3-7-18)14-26-10-12-29-13-11-26/h2-9H,10-14H2,1H3,(H,24,28). The van der Waals surface area contributed by atoms with Crippen LogP contribution in [0.2, 0.25) is 5.02 Å². The Morgan fingerprint density at radius 1 is 1.10 bits per heavy atom. The highest BCUT2D eigenvalue weighted by Gasteiger charge is 2.16. The van der Waals surface area contributed by atoms with Gasteiger partial charge in [0.15, 0.2) is 0 Å². The van der Waals surface area contributed by atoms with Gasteiger partial charge in [-0.1, -0.05) is 23.7 Å². The van der Waals surface area contributed by atoms with Crippen molar-refractivity contribution in [1.29, 1.82) is 0 Å². The number of hydrogen-bond donors (Lipinski definition) is 1. The van der Waals surface area contributed by atoms with E-state index in [1.807, 2.05) is 36.4 Å². The molecule has 8 heteroatoms. The van der Waals surface area contributed by atoms with Crippen LogP contribution in [-0.4, -0.2) is 51.9 Å². The Morgan fingerprint density at radius 3 is 2.48 bits per heavy atom. The topological polar surface area (TPSA) is 72.3 Å². The van der Waals surface area contributed by atoms with Crippen LogP contribution in [0.15, 0.2) is 48.5 Å². The van der Waals surface area contributed by atoms with Crippen LogP contribution < -0.4 is 5.32 Å². The van der Waals surface area contributed by atoms with Gasteiger partial charge >= 0.3 is 0 Å². The van der Waals surface area contributed by atoms with Crippen LogP contribution in [0.1, 0.15) is 22.0 Å². The number of anilines is 1. The molecule has 0 saturated carbocycles. The van der Waals surface area contributed by atoms with Crippen molar-refractivity contribution in [3.8, 4) is 5.69 Å². The predicted octanol–water partition coefficient (Wildman–Crippen LogP) is 3.31. The van der Waals surface area contributed by atoms with Gasteiger partial charge in [0.2, 0.25) is 5.82 Å². The third-order valence-corrected chi connectivity index (χ3v) is 5.02. The zero-order valence-electron chi connectivity index (χ0n) is 16.1. The summed E-state index contributed by atoms with van der Waals surface area (Å²) in [5.74, 6) is 0.398. The number of nitrogens with one attached hydrogen (secondary N) is 1. The van der Waals surface area contributed by atoms with Gasteiger partial charge in [0.1, 0.15) is 5.82 Å². The fourth-order valence-electron chi connectivity index (χ4n) is 3.21. The average molecular weight is 412 g/mol. The van der Waals surface area contributed by atoms with Gasteiger partial charge in [-0.05, 0) is 48.9 Å². The molecule has 0 unspecified atom stereocenters. The molecular weight excluding hydrogens is 390 g/mol. The highest BCUT2D eigenvalue weighted by atomic mass is 35.5. The lowest BCUT2D eigenvalue weighted by Crippen LogP contribution is -2.35. The number of benzene rings is 2. The van der Waals surface area contributed by atoms with Gasteiger partial charge in [0, 0.05) is 30.3 Å². The van der Waals surface area contributed by atoms with Gasteiger partial charge in [-0.3, -0.25) is 9.69 Å². The number of ether oxygens (including phenoxy) is 1. The maximum absolute atomic E-state index is 12.6. The summed E-state index contributed by atoms with van der Waals surface area (Å²) in [6, 6.07) is 15.1. The first-order valence-electron chi connectivity index (χ1n) is 9.48. The minimum atomic E-state index is -0.346. The molecule has 0 radical (unpaired) electrons. The Morgan fingerprint density at radius 2 is 1.79 bits per heavy atom. The number of nitrogens with zero attached hydrogens (tertiary/aromatic N) is 4. The lowest BCUT2D eigenvalue weighted by atomic mass is 10.2. The van der Waals surface area contributed by atoms with Gasteiger partial charge in [0.25, 0.3) is 5.91 Å². The van der Waals surface area contributed by atoms with Crippen LogP contribution in [0.4, 0.5) is 5.69 Å². The van der Waals surface area contributed by atoms with Gasteiger partial charge in [-0.25, -0.2) is 9.67 Å². The van der Waals surface area contributed by atoms with E-state index in [0.717, 1.165) is 38.5 Å². The lowest BCUT2D eigenvalue weighted by Gasteiger charge is -2.26. The molecule has 1 aromatic heterocycles. The second-order valence-corrected chi connectivity index (χ2v) is 7.35. The fraction of sp³-hybridized carbons (Fsp3) is 0.286. The molecule has 1 N–H and O–H groups in total. The monoisotopic (exact) mass is 411 g/mol. The molecule has 7 nitrogen and oxygen atoms in total. The van der Waals surface area contributed by atoms with Gasteiger partial charge < -0.3 is 10.1 Å². The zero-order chi connectivity index (χ0) is 20.2. The summed E-state index contributed by atoms with van der Waals surface area (Å²) >= 11 is 5.93. The van der Waals surface area contributed by atoms with Crippen molar-refractivity contribution in [2.45, 2.75) is 13.5 Å². The van der Waals surface area contributed by atoms with Crippen LogP contribution in [0, 0.1) is 6.92 Å². The molecule has 1 aliphatic rings. The van der Waals surface area contributed by atoms with Crippen molar-refractivity contribution in [1.82, 2.24) is 19.7 Å². The highest BCUT2D eigenvalue weighted by Crippen LogP contribution is 2.16. The summed E-state index contributed by atoms with van der Waals surface area (Å²) in [5.41, 5.74) is 2.71. The Balaban J connectivity index is 1.41. The first kappa shape index (κ1) is 19.6. The molecule has 29 heavy (non-hydrogen) atoms. The maximum Gasteiger partial charge on any atom is 0.295 e. The second kappa shape index (κ2) is 8.73. The Labute approximate surface area is 174 Å². The summed E-state index contributed by atoms with van der Waals surface area (Å²) < 4.78 is 7.00. The maximum atomic E-state index is 12.6. The van der Waals surface area contributed by atoms with Crippen molar-refractivity contribution in [2.75, 3.05) is 31.6 Å². The minimum Gasteiger partial charge on any atom is -0.379 e. The number of amides is 1.